The van der Waals surface area contributed by atoms with E-state index in [9.17, 15) is 9.59 Å². The molecule has 0 unspecified atom stereocenters. The molecule has 0 saturated carbocycles. The Morgan fingerprint density at radius 1 is 1.10 bits per heavy atom. The summed E-state index contributed by atoms with van der Waals surface area (Å²) < 4.78 is 4.87. The molecule has 0 bridgehead atoms. The number of unbranched alkanes of at least 4 members (excludes halogenated alkanes) is 1. The summed E-state index contributed by atoms with van der Waals surface area (Å²) in [7, 11) is 0. The Kier molecular flexibility index (Phi) is 5.70. The molecule has 1 N–H and O–H groups in total. The van der Waals surface area contributed by atoms with Crippen molar-refractivity contribution in [2.45, 2.75) is 39.7 Å². The van der Waals surface area contributed by atoms with Crippen molar-refractivity contribution in [3.8, 4) is 11.5 Å². The van der Waals surface area contributed by atoms with Gasteiger partial charge in [0, 0.05) is 18.9 Å². The molecule has 0 aliphatic heterocycles. The summed E-state index contributed by atoms with van der Waals surface area (Å²) in [6.07, 6.45) is 5.62. The molecule has 0 saturated heterocycles. The van der Waals surface area contributed by atoms with Crippen LogP contribution in [0.2, 0.25) is 0 Å². The van der Waals surface area contributed by atoms with Crippen LogP contribution in [0.15, 0.2) is 59.7 Å². The van der Waals surface area contributed by atoms with E-state index in [1.807, 2.05) is 66.3 Å². The first-order chi connectivity index (χ1) is 15.0. The summed E-state index contributed by atoms with van der Waals surface area (Å²) in [5.41, 5.74) is 1.60. The lowest BCUT2D eigenvalue weighted by Crippen LogP contribution is -2.38. The predicted molar refractivity (Wildman–Crippen MR) is 120 cm³/mol. The third-order valence-electron chi connectivity index (χ3n) is 5.31. The highest BCUT2D eigenvalue weighted by Crippen LogP contribution is 2.25. The smallest absolute Gasteiger partial charge is 0.280 e. The molecule has 0 aliphatic rings. The van der Waals surface area contributed by atoms with Crippen molar-refractivity contribution >= 4 is 16.8 Å². The molecule has 3 aromatic heterocycles. The number of hydrogen-bond donors (Lipinski definition) is 1. The first-order valence-corrected chi connectivity index (χ1v) is 10.5. The van der Waals surface area contributed by atoms with Gasteiger partial charge in [0.2, 0.25) is 5.91 Å². The second-order valence-electron chi connectivity index (χ2n) is 7.54. The Morgan fingerprint density at radius 2 is 1.81 bits per heavy atom. The number of nitrogens with zero attached hydrogens (tertiary/aromatic N) is 5. The Labute approximate surface area is 180 Å². The molecule has 8 nitrogen and oxygen atoms in total. The maximum absolute atomic E-state index is 13.6. The van der Waals surface area contributed by atoms with Crippen molar-refractivity contribution in [1.82, 2.24) is 29.4 Å². The fraction of sp³-hybridized carbons (Fsp3) is 0.304. The number of fused-ring (bicyclic) bond motifs is 1. The number of hydrogen-bond acceptors (Lipinski definition) is 4. The molecule has 31 heavy (non-hydrogen) atoms. The molecule has 0 radical (unpaired) electrons. The number of carbonyl (C=O) groups is 1. The van der Waals surface area contributed by atoms with E-state index in [1.54, 1.807) is 11.6 Å². The van der Waals surface area contributed by atoms with Crippen LogP contribution in [0.3, 0.4) is 0 Å². The summed E-state index contributed by atoms with van der Waals surface area (Å²) in [6.45, 7) is 6.14. The average molecular weight is 419 g/mol. The summed E-state index contributed by atoms with van der Waals surface area (Å²) in [4.78, 5) is 26.2. The molecule has 3 heterocycles. The van der Waals surface area contributed by atoms with Crippen LogP contribution in [0, 0.1) is 6.92 Å². The summed E-state index contributed by atoms with van der Waals surface area (Å²) in [5, 5.41) is 12.5. The first kappa shape index (κ1) is 20.6. The van der Waals surface area contributed by atoms with Crippen LogP contribution < -0.4 is 10.9 Å². The van der Waals surface area contributed by atoms with Crippen LogP contribution in [0.1, 0.15) is 38.4 Å². The van der Waals surface area contributed by atoms with E-state index in [-0.39, 0.29) is 11.5 Å². The molecule has 8 heteroatoms. The van der Waals surface area contributed by atoms with E-state index in [4.69, 9.17) is 5.10 Å². The summed E-state index contributed by atoms with van der Waals surface area (Å²) in [5.74, 6) is 0.397. The third-order valence-corrected chi connectivity index (χ3v) is 5.31. The Balaban J connectivity index is 1.92. The number of aryl methyl sites for hydroxylation is 1. The topological polar surface area (TPSA) is 86.7 Å². The van der Waals surface area contributed by atoms with Crippen LogP contribution in [0.25, 0.3) is 22.4 Å². The number of carbonyl (C=O) groups excluding carboxylic acids is 1. The summed E-state index contributed by atoms with van der Waals surface area (Å²) in [6, 6.07) is 12.7. The summed E-state index contributed by atoms with van der Waals surface area (Å²) >= 11 is 0. The van der Waals surface area contributed by atoms with E-state index in [1.165, 1.54) is 4.68 Å². The quantitative estimate of drug-likeness (QED) is 0.467. The molecule has 1 amide bonds. The average Bonchev–Trinajstić information content (AvgIpc) is 3.44. The van der Waals surface area contributed by atoms with Gasteiger partial charge in [0.15, 0.2) is 5.82 Å². The van der Waals surface area contributed by atoms with Gasteiger partial charge in [-0.25, -0.2) is 9.36 Å². The maximum Gasteiger partial charge on any atom is 0.280 e. The molecule has 0 aliphatic carbocycles. The number of rotatable bonds is 7. The minimum Gasteiger partial charge on any atom is -0.354 e. The third kappa shape index (κ3) is 3.76. The van der Waals surface area contributed by atoms with Gasteiger partial charge < -0.3 is 9.88 Å². The van der Waals surface area contributed by atoms with E-state index < -0.39 is 6.04 Å². The monoisotopic (exact) mass is 418 g/mol. The lowest BCUT2D eigenvalue weighted by atomic mass is 10.2. The van der Waals surface area contributed by atoms with Gasteiger partial charge in [-0.15, -0.1) is 0 Å². The molecule has 4 aromatic rings. The minimum absolute atomic E-state index is 0.222. The molecule has 0 spiro atoms. The Morgan fingerprint density at radius 3 is 2.48 bits per heavy atom. The van der Waals surface area contributed by atoms with Crippen molar-refractivity contribution in [2.75, 3.05) is 6.54 Å². The lowest BCUT2D eigenvalue weighted by Gasteiger charge is -2.15. The van der Waals surface area contributed by atoms with Gasteiger partial charge in [-0.05, 0) is 44.5 Å². The molecule has 160 valence electrons. The molecule has 4 rings (SSSR count). The Bertz CT molecular complexity index is 1250. The van der Waals surface area contributed by atoms with Crippen LogP contribution in [-0.2, 0) is 4.79 Å². The van der Waals surface area contributed by atoms with Gasteiger partial charge in [-0.2, -0.15) is 10.2 Å². The number of amides is 1. The molecule has 1 atom stereocenters. The largest absolute Gasteiger partial charge is 0.354 e. The lowest BCUT2D eigenvalue weighted by molar-refractivity contribution is -0.124. The van der Waals surface area contributed by atoms with Gasteiger partial charge >= 0.3 is 0 Å². The fourth-order valence-electron chi connectivity index (χ4n) is 3.60. The molecular formula is C23H26N6O2. The zero-order valence-electron chi connectivity index (χ0n) is 17.9. The normalized spacial score (nSPS) is 12.2. The van der Waals surface area contributed by atoms with Crippen molar-refractivity contribution in [3.05, 3.63) is 70.9 Å². The predicted octanol–water partition coefficient (Wildman–Crippen LogP) is 3.16. The van der Waals surface area contributed by atoms with Crippen molar-refractivity contribution < 1.29 is 4.79 Å². The SMILES string of the molecule is CCCCNC(=O)[C@@H](C)n1nc(C)c2nn(-c3ccccc3)c(-n3cccc3)c2c1=O. The second-order valence-corrected chi connectivity index (χ2v) is 7.54. The van der Waals surface area contributed by atoms with E-state index in [2.05, 4.69) is 17.3 Å². The molecule has 1 aromatic carbocycles. The van der Waals surface area contributed by atoms with E-state index >= 15 is 0 Å². The van der Waals surface area contributed by atoms with Crippen molar-refractivity contribution in [2.24, 2.45) is 0 Å². The molecular weight excluding hydrogens is 392 g/mol. The molecule has 0 fully saturated rings. The van der Waals surface area contributed by atoms with Crippen molar-refractivity contribution in [1.29, 1.82) is 0 Å². The van der Waals surface area contributed by atoms with Gasteiger partial charge in [-0.1, -0.05) is 31.5 Å². The van der Waals surface area contributed by atoms with E-state index in [0.29, 0.717) is 29.0 Å². The van der Waals surface area contributed by atoms with E-state index in [0.717, 1.165) is 18.5 Å². The minimum atomic E-state index is -0.731. The zero-order chi connectivity index (χ0) is 22.0. The first-order valence-electron chi connectivity index (χ1n) is 10.5. The highest BCUT2D eigenvalue weighted by Gasteiger charge is 2.25. The van der Waals surface area contributed by atoms with Crippen LogP contribution in [-0.4, -0.2) is 36.6 Å². The highest BCUT2D eigenvalue weighted by molar-refractivity contribution is 5.88. The zero-order valence-corrected chi connectivity index (χ0v) is 17.9. The second kappa shape index (κ2) is 8.59. The number of aromatic nitrogens is 5. The Hall–Kier alpha value is -3.68. The van der Waals surface area contributed by atoms with Crippen LogP contribution in [0.5, 0.6) is 0 Å². The fourth-order valence-corrected chi connectivity index (χ4v) is 3.60. The number of para-hydroxylation sites is 1. The van der Waals surface area contributed by atoms with Gasteiger partial charge in [0.1, 0.15) is 16.9 Å². The van der Waals surface area contributed by atoms with Crippen LogP contribution >= 0.6 is 0 Å². The highest BCUT2D eigenvalue weighted by atomic mass is 16.2. The maximum atomic E-state index is 13.6. The van der Waals surface area contributed by atoms with Gasteiger partial charge in [0.05, 0.1) is 11.4 Å². The van der Waals surface area contributed by atoms with Crippen LogP contribution in [0.4, 0.5) is 0 Å². The standard InChI is InChI=1S/C23H26N6O2/c1-4-5-13-24-21(30)17(3)28-23(31)19-20(16(2)25-28)26-29(18-11-7-6-8-12-18)22(19)27-14-9-10-15-27/h6-12,14-15,17H,4-5,13H2,1-3H3,(H,24,30)/t17-/m1/s1. The number of nitrogens with one attached hydrogen (secondary N) is 1. The van der Waals surface area contributed by atoms with Gasteiger partial charge in [-0.3, -0.25) is 9.59 Å². The number of benzene rings is 1. The van der Waals surface area contributed by atoms with Gasteiger partial charge in [0.25, 0.3) is 5.56 Å². The van der Waals surface area contributed by atoms with Crippen molar-refractivity contribution in [3.63, 3.8) is 0 Å².